The third kappa shape index (κ3) is 2.87. The van der Waals surface area contributed by atoms with E-state index in [1.165, 1.54) is 18.2 Å². The Kier molecular flexibility index (Phi) is 4.24. The van der Waals surface area contributed by atoms with Gasteiger partial charge in [-0.1, -0.05) is 6.07 Å². The second-order valence-electron chi connectivity index (χ2n) is 6.90. The molecule has 0 bridgehead atoms. The van der Waals surface area contributed by atoms with Crippen LogP contribution in [-0.2, 0) is 6.18 Å². The predicted molar refractivity (Wildman–Crippen MR) is 91.2 cm³/mol. The molecule has 1 aromatic carbocycles. The van der Waals surface area contributed by atoms with Gasteiger partial charge in [0.25, 0.3) is 5.82 Å². The van der Waals surface area contributed by atoms with Crippen molar-refractivity contribution in [2.24, 2.45) is 0 Å². The highest BCUT2D eigenvalue weighted by molar-refractivity contribution is 5.60. The fourth-order valence-electron chi connectivity index (χ4n) is 3.68. The fourth-order valence-corrected chi connectivity index (χ4v) is 3.68. The normalized spacial score (nSPS) is 17.7. The van der Waals surface area contributed by atoms with Crippen molar-refractivity contribution in [2.45, 2.75) is 32.4 Å². The number of benzene rings is 1. The van der Waals surface area contributed by atoms with Crippen molar-refractivity contribution in [3.05, 3.63) is 52.3 Å². The van der Waals surface area contributed by atoms with Crippen molar-refractivity contribution in [3.63, 3.8) is 0 Å². The molecule has 0 amide bonds. The molecule has 1 atom stereocenters. The molecule has 0 saturated carbocycles. The van der Waals surface area contributed by atoms with Gasteiger partial charge in [0, 0.05) is 35.7 Å². The maximum Gasteiger partial charge on any atom is 0.453 e. The zero-order valence-electron chi connectivity index (χ0n) is 15.1. The molecule has 1 saturated heterocycles. The largest absolute Gasteiger partial charge is 0.453 e. The number of nitrogens with zero attached hydrogens (tertiary/aromatic N) is 5. The number of alkyl halides is 3. The zero-order valence-corrected chi connectivity index (χ0v) is 15.1. The van der Waals surface area contributed by atoms with Crippen LogP contribution in [0.5, 0.6) is 0 Å². The molecule has 0 N–H and O–H groups in total. The monoisotopic (exact) mass is 397 g/mol. The van der Waals surface area contributed by atoms with Gasteiger partial charge in [-0.3, -0.25) is 0 Å². The van der Waals surface area contributed by atoms with E-state index in [0.29, 0.717) is 34.4 Å². The third-order valence-corrected chi connectivity index (χ3v) is 5.22. The second kappa shape index (κ2) is 6.39. The number of rotatable bonds is 2. The number of hydrogen-bond donors (Lipinski definition) is 0. The summed E-state index contributed by atoms with van der Waals surface area (Å²) in [4.78, 5) is 1.75. The van der Waals surface area contributed by atoms with E-state index in [1.54, 1.807) is 18.7 Å². The van der Waals surface area contributed by atoms with E-state index in [0.717, 1.165) is 0 Å². The fraction of sp³-hybridized carbons (Fsp3) is 0.389. The Labute approximate surface area is 156 Å². The van der Waals surface area contributed by atoms with Crippen molar-refractivity contribution in [1.82, 2.24) is 19.8 Å². The molecule has 1 unspecified atom stereocenters. The number of anilines is 1. The summed E-state index contributed by atoms with van der Waals surface area (Å²) in [6.07, 6.45) is -4.24. The lowest BCUT2D eigenvalue weighted by molar-refractivity contribution is -0.146. The Morgan fingerprint density at radius 2 is 1.71 bits per heavy atom. The van der Waals surface area contributed by atoms with Crippen LogP contribution >= 0.6 is 0 Å². The highest BCUT2D eigenvalue weighted by Crippen LogP contribution is 2.36. The van der Waals surface area contributed by atoms with Crippen molar-refractivity contribution in [1.29, 1.82) is 0 Å². The number of aryl methyl sites for hydroxylation is 1. The number of halogens is 5. The van der Waals surface area contributed by atoms with Gasteiger partial charge < -0.3 is 4.90 Å². The summed E-state index contributed by atoms with van der Waals surface area (Å²) in [5.41, 5.74) is 1.21. The predicted octanol–water partition coefficient (Wildman–Crippen LogP) is 4.03. The quantitative estimate of drug-likeness (QED) is 0.613. The van der Waals surface area contributed by atoms with Crippen molar-refractivity contribution in [3.8, 4) is 0 Å². The SMILES string of the molecule is Cc1c(N2CCC(c3c(F)cccc3F)C2)nn2c(C(F)(F)F)nnc2c1C. The first-order chi connectivity index (χ1) is 13.2. The Bertz CT molecular complexity index is 1040. The van der Waals surface area contributed by atoms with E-state index in [4.69, 9.17) is 0 Å². The molecule has 0 radical (unpaired) electrons. The van der Waals surface area contributed by atoms with Gasteiger partial charge in [-0.25, -0.2) is 8.78 Å². The Balaban J connectivity index is 1.75. The molecule has 1 aliphatic heterocycles. The van der Waals surface area contributed by atoms with Crippen LogP contribution in [0.1, 0.15) is 34.9 Å². The van der Waals surface area contributed by atoms with E-state index >= 15 is 0 Å². The smallest absolute Gasteiger partial charge is 0.354 e. The highest BCUT2D eigenvalue weighted by atomic mass is 19.4. The molecule has 28 heavy (non-hydrogen) atoms. The molecule has 0 spiro atoms. The minimum absolute atomic E-state index is 0.000677. The molecular weight excluding hydrogens is 381 g/mol. The van der Waals surface area contributed by atoms with Gasteiger partial charge in [0.15, 0.2) is 11.5 Å². The molecule has 1 aliphatic rings. The molecule has 3 aromatic rings. The minimum Gasteiger partial charge on any atom is -0.354 e. The van der Waals surface area contributed by atoms with Crippen molar-refractivity contribution in [2.75, 3.05) is 18.0 Å². The third-order valence-electron chi connectivity index (χ3n) is 5.22. The van der Waals surface area contributed by atoms with Gasteiger partial charge in [-0.15, -0.1) is 15.3 Å². The highest BCUT2D eigenvalue weighted by Gasteiger charge is 2.39. The first-order valence-electron chi connectivity index (χ1n) is 8.67. The summed E-state index contributed by atoms with van der Waals surface area (Å²) < 4.78 is 68.5. The molecule has 148 valence electrons. The van der Waals surface area contributed by atoms with Gasteiger partial charge in [-0.2, -0.15) is 17.7 Å². The number of fused-ring (bicyclic) bond motifs is 1. The van der Waals surface area contributed by atoms with Gasteiger partial charge in [-0.05, 0) is 32.4 Å². The Morgan fingerprint density at radius 1 is 1.04 bits per heavy atom. The van der Waals surface area contributed by atoms with Crippen LogP contribution in [0.4, 0.5) is 27.8 Å². The molecule has 4 rings (SSSR count). The van der Waals surface area contributed by atoms with Gasteiger partial charge in [0.1, 0.15) is 11.6 Å². The van der Waals surface area contributed by atoms with Crippen molar-refractivity contribution < 1.29 is 22.0 Å². The summed E-state index contributed by atoms with van der Waals surface area (Å²) in [5, 5.41) is 11.0. The molecule has 10 heteroatoms. The lowest BCUT2D eigenvalue weighted by Crippen LogP contribution is -2.24. The first kappa shape index (κ1) is 18.6. The average molecular weight is 397 g/mol. The van der Waals surface area contributed by atoms with Crippen LogP contribution in [-0.4, -0.2) is 32.9 Å². The summed E-state index contributed by atoms with van der Waals surface area (Å²) in [6, 6.07) is 3.70. The van der Waals surface area contributed by atoms with E-state index in [-0.39, 0.29) is 17.8 Å². The van der Waals surface area contributed by atoms with Crippen LogP contribution < -0.4 is 4.90 Å². The van der Waals surface area contributed by atoms with Crippen LogP contribution in [0.3, 0.4) is 0 Å². The number of hydrogen-bond acceptors (Lipinski definition) is 4. The first-order valence-corrected chi connectivity index (χ1v) is 8.67. The Hall–Kier alpha value is -2.78. The summed E-state index contributed by atoms with van der Waals surface area (Å²) >= 11 is 0. The van der Waals surface area contributed by atoms with Gasteiger partial charge >= 0.3 is 6.18 Å². The maximum atomic E-state index is 14.1. The van der Waals surface area contributed by atoms with Crippen LogP contribution in [0.25, 0.3) is 5.65 Å². The molecule has 1 fully saturated rings. The Morgan fingerprint density at radius 3 is 2.36 bits per heavy atom. The van der Waals surface area contributed by atoms with Crippen molar-refractivity contribution >= 4 is 11.5 Å². The molecular formula is C18H16F5N5. The number of aromatic nitrogens is 4. The van der Waals surface area contributed by atoms with E-state index < -0.39 is 29.6 Å². The summed E-state index contributed by atoms with van der Waals surface area (Å²) in [5.74, 6) is -2.54. The lowest BCUT2D eigenvalue weighted by atomic mass is 9.97. The van der Waals surface area contributed by atoms with Crippen LogP contribution in [0.15, 0.2) is 18.2 Å². The van der Waals surface area contributed by atoms with E-state index in [1.807, 2.05) is 0 Å². The standard InChI is InChI=1S/C18H16F5N5/c1-9-10(2)16(26-28-15(9)24-25-17(28)18(21,22)23)27-7-6-11(8-27)14-12(19)4-3-5-13(14)20/h3-5,11H,6-8H2,1-2H3. The van der Waals surface area contributed by atoms with E-state index in [9.17, 15) is 22.0 Å². The maximum absolute atomic E-state index is 14.1. The van der Waals surface area contributed by atoms with E-state index in [2.05, 4.69) is 15.3 Å². The summed E-state index contributed by atoms with van der Waals surface area (Å²) in [7, 11) is 0. The molecule has 3 heterocycles. The van der Waals surface area contributed by atoms with Gasteiger partial charge in [0.05, 0.1) is 0 Å². The second-order valence-corrected chi connectivity index (χ2v) is 6.90. The van der Waals surface area contributed by atoms with Crippen LogP contribution in [0, 0.1) is 25.5 Å². The topological polar surface area (TPSA) is 46.3 Å². The minimum atomic E-state index is -4.70. The molecule has 2 aromatic heterocycles. The van der Waals surface area contributed by atoms with Gasteiger partial charge in [0.2, 0.25) is 0 Å². The summed E-state index contributed by atoms with van der Waals surface area (Å²) in [6.45, 7) is 4.05. The average Bonchev–Trinajstić information content (AvgIpc) is 3.24. The molecule has 0 aliphatic carbocycles. The zero-order chi connectivity index (χ0) is 20.2. The van der Waals surface area contributed by atoms with Crippen LogP contribution in [0.2, 0.25) is 0 Å². The molecule has 5 nitrogen and oxygen atoms in total. The lowest BCUT2D eigenvalue weighted by Gasteiger charge is -2.21.